The van der Waals surface area contributed by atoms with Gasteiger partial charge in [-0.15, -0.1) is 0 Å². The van der Waals surface area contributed by atoms with E-state index in [1.807, 2.05) is 6.92 Å². The Bertz CT molecular complexity index is 931. The van der Waals surface area contributed by atoms with E-state index in [9.17, 15) is 14.4 Å². The summed E-state index contributed by atoms with van der Waals surface area (Å²) in [5.74, 6) is -0.807. The minimum Gasteiger partial charge on any atom is -0.478 e. The molecule has 2 heterocycles. The molecule has 134 valence electrons. The van der Waals surface area contributed by atoms with Crippen LogP contribution in [0.1, 0.15) is 29.5 Å². The molecule has 2 N–H and O–H groups in total. The van der Waals surface area contributed by atoms with Crippen molar-refractivity contribution in [3.05, 3.63) is 52.4 Å². The monoisotopic (exact) mass is 374 g/mol. The predicted octanol–water partition coefficient (Wildman–Crippen LogP) is 3.60. The number of benzene rings is 1. The molecule has 1 aliphatic heterocycles. The summed E-state index contributed by atoms with van der Waals surface area (Å²) in [6.07, 6.45) is 2.09. The SMILES string of the molecule is CCCN1C(=O)NC(=Cc2ccc(-c3cc(C(=O)O)ccc3Cl)o2)C1=O. The number of nitrogens with one attached hydrogen (secondary N) is 1. The van der Waals surface area contributed by atoms with Crippen molar-refractivity contribution in [2.24, 2.45) is 0 Å². The third kappa shape index (κ3) is 3.34. The van der Waals surface area contributed by atoms with E-state index in [0.717, 1.165) is 4.90 Å². The molecule has 7 nitrogen and oxygen atoms in total. The van der Waals surface area contributed by atoms with E-state index >= 15 is 0 Å². The molecule has 0 saturated carbocycles. The van der Waals surface area contributed by atoms with Gasteiger partial charge in [-0.3, -0.25) is 9.69 Å². The number of carboxylic acid groups (broad SMARTS) is 1. The number of carbonyl (C=O) groups excluding carboxylic acids is 2. The van der Waals surface area contributed by atoms with Gasteiger partial charge in [0.05, 0.1) is 10.6 Å². The Hall–Kier alpha value is -3.06. The molecule has 2 aromatic rings. The third-order valence-electron chi connectivity index (χ3n) is 3.80. The average molecular weight is 375 g/mol. The molecule has 3 rings (SSSR count). The molecule has 26 heavy (non-hydrogen) atoms. The van der Waals surface area contributed by atoms with Crippen LogP contribution in [0.25, 0.3) is 17.4 Å². The highest BCUT2D eigenvalue weighted by molar-refractivity contribution is 6.33. The highest BCUT2D eigenvalue weighted by Gasteiger charge is 2.32. The Morgan fingerprint density at radius 1 is 1.31 bits per heavy atom. The molecule has 3 amide bonds. The average Bonchev–Trinajstić information content (AvgIpc) is 3.16. The number of hydrogen-bond donors (Lipinski definition) is 2. The fourth-order valence-electron chi connectivity index (χ4n) is 2.56. The Morgan fingerprint density at radius 2 is 2.08 bits per heavy atom. The summed E-state index contributed by atoms with van der Waals surface area (Å²) < 4.78 is 5.65. The molecule has 1 aromatic heterocycles. The maximum Gasteiger partial charge on any atom is 0.335 e. The van der Waals surface area contributed by atoms with Crippen molar-refractivity contribution < 1.29 is 23.9 Å². The highest BCUT2D eigenvalue weighted by Crippen LogP contribution is 2.31. The molecule has 1 aromatic carbocycles. The number of halogens is 1. The Balaban J connectivity index is 1.90. The molecule has 1 aliphatic rings. The van der Waals surface area contributed by atoms with Crippen LogP contribution in [-0.2, 0) is 4.79 Å². The summed E-state index contributed by atoms with van der Waals surface area (Å²) in [5, 5.41) is 11.9. The van der Waals surface area contributed by atoms with Crippen molar-refractivity contribution in [3.8, 4) is 11.3 Å². The van der Waals surface area contributed by atoms with E-state index in [1.54, 1.807) is 12.1 Å². The van der Waals surface area contributed by atoms with Gasteiger partial charge in [0.1, 0.15) is 17.2 Å². The smallest absolute Gasteiger partial charge is 0.335 e. The van der Waals surface area contributed by atoms with Crippen LogP contribution in [0.2, 0.25) is 5.02 Å². The van der Waals surface area contributed by atoms with Crippen molar-refractivity contribution in [2.45, 2.75) is 13.3 Å². The lowest BCUT2D eigenvalue weighted by Crippen LogP contribution is -2.31. The topological polar surface area (TPSA) is 99.8 Å². The molecule has 0 unspecified atom stereocenters. The summed E-state index contributed by atoms with van der Waals surface area (Å²) >= 11 is 6.13. The first-order chi connectivity index (χ1) is 12.4. The zero-order chi connectivity index (χ0) is 18.8. The lowest BCUT2D eigenvalue weighted by atomic mass is 10.1. The fraction of sp³-hybridized carbons (Fsp3) is 0.167. The number of rotatable bonds is 5. The Labute approximate surface area is 153 Å². The van der Waals surface area contributed by atoms with E-state index in [4.69, 9.17) is 21.1 Å². The Kier molecular flexibility index (Phi) is 4.81. The number of urea groups is 1. The summed E-state index contributed by atoms with van der Waals surface area (Å²) in [6.45, 7) is 2.21. The number of furan rings is 1. The first-order valence-corrected chi connectivity index (χ1v) is 8.26. The molecule has 0 bridgehead atoms. The summed E-state index contributed by atoms with van der Waals surface area (Å²) in [5.41, 5.74) is 0.620. The second-order valence-electron chi connectivity index (χ2n) is 5.65. The maximum atomic E-state index is 12.2. The largest absolute Gasteiger partial charge is 0.478 e. The van der Waals surface area contributed by atoms with Gasteiger partial charge >= 0.3 is 12.0 Å². The zero-order valence-electron chi connectivity index (χ0n) is 13.8. The Morgan fingerprint density at radius 3 is 2.77 bits per heavy atom. The number of carbonyl (C=O) groups is 3. The van der Waals surface area contributed by atoms with Crippen molar-refractivity contribution in [1.29, 1.82) is 0 Å². The molecular formula is C18H15ClN2O5. The standard InChI is InChI=1S/C18H15ClN2O5/c1-2-7-21-16(22)14(20-18(21)25)9-11-4-6-15(26-11)12-8-10(17(23)24)3-5-13(12)19/h3-6,8-9H,2,7H2,1H3,(H,20,25)(H,23,24). The number of imide groups is 1. The van der Waals surface area contributed by atoms with Gasteiger partial charge in [0.25, 0.3) is 5.91 Å². The minimum atomic E-state index is -1.08. The molecule has 8 heteroatoms. The van der Waals surface area contributed by atoms with Gasteiger partial charge in [0.2, 0.25) is 0 Å². The number of hydrogen-bond acceptors (Lipinski definition) is 4. The first kappa shape index (κ1) is 17.8. The molecule has 1 fully saturated rings. The van der Waals surface area contributed by atoms with Gasteiger partial charge in [-0.25, -0.2) is 9.59 Å². The number of amides is 3. The molecule has 1 saturated heterocycles. The van der Waals surface area contributed by atoms with Gasteiger partial charge < -0.3 is 14.8 Å². The summed E-state index contributed by atoms with van der Waals surface area (Å²) in [7, 11) is 0. The van der Waals surface area contributed by atoms with Crippen LogP contribution in [0, 0.1) is 0 Å². The first-order valence-electron chi connectivity index (χ1n) is 7.88. The predicted molar refractivity (Wildman–Crippen MR) is 94.6 cm³/mol. The van der Waals surface area contributed by atoms with Crippen LogP contribution in [-0.4, -0.2) is 34.5 Å². The van der Waals surface area contributed by atoms with Crippen LogP contribution in [0.3, 0.4) is 0 Å². The molecule has 0 spiro atoms. The maximum absolute atomic E-state index is 12.2. The van der Waals surface area contributed by atoms with Crippen LogP contribution >= 0.6 is 11.6 Å². The lowest BCUT2D eigenvalue weighted by molar-refractivity contribution is -0.122. The van der Waals surface area contributed by atoms with E-state index in [1.165, 1.54) is 24.3 Å². The second kappa shape index (κ2) is 7.05. The lowest BCUT2D eigenvalue weighted by Gasteiger charge is -2.08. The van der Waals surface area contributed by atoms with Crippen molar-refractivity contribution >= 4 is 35.6 Å². The van der Waals surface area contributed by atoms with E-state index in [-0.39, 0.29) is 11.3 Å². The molecule has 0 radical (unpaired) electrons. The summed E-state index contributed by atoms with van der Waals surface area (Å²) in [6, 6.07) is 7.04. The fourth-order valence-corrected chi connectivity index (χ4v) is 2.77. The number of carboxylic acids is 1. The van der Waals surface area contributed by atoms with Gasteiger partial charge in [0.15, 0.2) is 0 Å². The molecular weight excluding hydrogens is 360 g/mol. The van der Waals surface area contributed by atoms with Crippen molar-refractivity contribution in [3.63, 3.8) is 0 Å². The zero-order valence-corrected chi connectivity index (χ0v) is 14.5. The highest BCUT2D eigenvalue weighted by atomic mass is 35.5. The van der Waals surface area contributed by atoms with Crippen LogP contribution < -0.4 is 5.32 Å². The minimum absolute atomic E-state index is 0.0779. The van der Waals surface area contributed by atoms with Gasteiger partial charge in [-0.1, -0.05) is 18.5 Å². The van der Waals surface area contributed by atoms with Crippen LogP contribution in [0.4, 0.5) is 4.79 Å². The van der Waals surface area contributed by atoms with Crippen molar-refractivity contribution in [1.82, 2.24) is 10.2 Å². The number of aromatic carboxylic acids is 1. The molecule has 0 aliphatic carbocycles. The van der Waals surface area contributed by atoms with E-state index in [2.05, 4.69) is 5.32 Å². The molecule has 0 atom stereocenters. The third-order valence-corrected chi connectivity index (χ3v) is 4.13. The second-order valence-corrected chi connectivity index (χ2v) is 6.05. The van der Waals surface area contributed by atoms with Gasteiger partial charge in [-0.05, 0) is 36.8 Å². The van der Waals surface area contributed by atoms with Gasteiger partial charge in [0, 0.05) is 18.2 Å². The van der Waals surface area contributed by atoms with Crippen LogP contribution in [0.5, 0.6) is 0 Å². The number of nitrogens with zero attached hydrogens (tertiary/aromatic N) is 1. The summed E-state index contributed by atoms with van der Waals surface area (Å²) in [4.78, 5) is 36.2. The normalized spacial score (nSPS) is 15.6. The van der Waals surface area contributed by atoms with E-state index in [0.29, 0.717) is 35.1 Å². The van der Waals surface area contributed by atoms with Gasteiger partial charge in [-0.2, -0.15) is 0 Å². The van der Waals surface area contributed by atoms with E-state index < -0.39 is 17.9 Å². The van der Waals surface area contributed by atoms with Crippen LogP contribution in [0.15, 0.2) is 40.4 Å². The van der Waals surface area contributed by atoms with Crippen molar-refractivity contribution in [2.75, 3.05) is 6.54 Å². The quantitative estimate of drug-likeness (QED) is 0.615.